The average Bonchev–Trinajstić information content (AvgIpc) is 3.24. The first-order chi connectivity index (χ1) is 16.5. The summed E-state index contributed by atoms with van der Waals surface area (Å²) in [5, 5.41) is 0. The van der Waals surface area contributed by atoms with Gasteiger partial charge in [-0.25, -0.2) is 9.24 Å². The molecule has 0 radical (unpaired) electrons. The van der Waals surface area contributed by atoms with Crippen LogP contribution in [0.2, 0.25) is 0 Å². The Labute approximate surface area is 199 Å². The Kier molecular flexibility index (Phi) is 7.11. The number of piperidine rings is 1. The number of likely N-dealkylation sites (tertiary alicyclic amines) is 1. The van der Waals surface area contributed by atoms with Gasteiger partial charge in [-0.1, -0.05) is 36.4 Å². The number of hydrogen-bond acceptors (Lipinski definition) is 3. The van der Waals surface area contributed by atoms with Crippen LogP contribution in [0, 0.1) is 12.4 Å². The van der Waals surface area contributed by atoms with Crippen molar-refractivity contribution in [2.45, 2.75) is 39.0 Å². The Morgan fingerprint density at radius 1 is 1.21 bits per heavy atom. The highest BCUT2D eigenvalue weighted by Crippen LogP contribution is 2.37. The Hall–Kier alpha value is -3.47. The predicted molar refractivity (Wildman–Crippen MR) is 131 cm³/mol. The first-order valence-electron chi connectivity index (χ1n) is 11.5. The smallest absolute Gasteiger partial charge is 0.270 e. The van der Waals surface area contributed by atoms with Crippen molar-refractivity contribution < 1.29 is 13.9 Å². The van der Waals surface area contributed by atoms with Gasteiger partial charge in [0.15, 0.2) is 0 Å². The number of benzene rings is 2. The van der Waals surface area contributed by atoms with Gasteiger partial charge >= 0.3 is 0 Å². The summed E-state index contributed by atoms with van der Waals surface area (Å²) in [6, 6.07) is 14.4. The highest BCUT2D eigenvalue weighted by Gasteiger charge is 2.28. The monoisotopic (exact) mass is 460 g/mol. The van der Waals surface area contributed by atoms with Crippen LogP contribution in [0.4, 0.5) is 10.1 Å². The molecule has 7 heteroatoms. The van der Waals surface area contributed by atoms with Gasteiger partial charge in [-0.05, 0) is 48.6 Å². The first kappa shape index (κ1) is 23.7. The molecule has 34 heavy (non-hydrogen) atoms. The van der Waals surface area contributed by atoms with Gasteiger partial charge in [-0.15, -0.1) is 0 Å². The standard InChI is InChI=1S/C27H29FN4O2/c1-4-32-25(27(33)31-13-5-6-21(29)16-31)15-22(20-11-12-24(30-2)23(28)14-20)26(32)19-9-7-18(8-10-19)17-34-3/h7-12,14-15,21H,4-6,13,16-17,29H2,1,3H3/t21-/m1/s1. The van der Waals surface area contributed by atoms with Gasteiger partial charge in [0.2, 0.25) is 5.69 Å². The molecular weight excluding hydrogens is 431 g/mol. The third kappa shape index (κ3) is 4.60. The van der Waals surface area contributed by atoms with E-state index in [0.717, 1.165) is 35.2 Å². The van der Waals surface area contributed by atoms with E-state index < -0.39 is 5.82 Å². The molecule has 0 aliphatic carbocycles. The number of rotatable bonds is 6. The van der Waals surface area contributed by atoms with Crippen LogP contribution in [0.25, 0.3) is 27.2 Å². The van der Waals surface area contributed by atoms with E-state index in [1.807, 2.05) is 46.7 Å². The van der Waals surface area contributed by atoms with E-state index in [0.29, 0.717) is 37.5 Å². The zero-order valence-corrected chi connectivity index (χ0v) is 19.6. The number of hydrogen-bond donors (Lipinski definition) is 1. The summed E-state index contributed by atoms with van der Waals surface area (Å²) >= 11 is 0. The van der Waals surface area contributed by atoms with Crippen LogP contribution in [0.15, 0.2) is 48.5 Å². The van der Waals surface area contributed by atoms with E-state index in [9.17, 15) is 9.18 Å². The van der Waals surface area contributed by atoms with Crippen LogP contribution < -0.4 is 5.73 Å². The lowest BCUT2D eigenvalue weighted by Gasteiger charge is -2.31. The minimum atomic E-state index is -0.576. The second-order valence-corrected chi connectivity index (χ2v) is 8.60. The number of ether oxygens (including phenoxy) is 1. The van der Waals surface area contributed by atoms with Crippen molar-refractivity contribution in [3.05, 3.63) is 77.0 Å². The van der Waals surface area contributed by atoms with Crippen molar-refractivity contribution >= 4 is 11.6 Å². The van der Waals surface area contributed by atoms with Crippen molar-refractivity contribution in [2.24, 2.45) is 5.73 Å². The fraction of sp³-hybridized carbons (Fsp3) is 0.333. The summed E-state index contributed by atoms with van der Waals surface area (Å²) in [5.41, 5.74) is 10.8. The lowest BCUT2D eigenvalue weighted by Crippen LogP contribution is -2.46. The average molecular weight is 461 g/mol. The molecule has 0 spiro atoms. The summed E-state index contributed by atoms with van der Waals surface area (Å²) < 4.78 is 21.8. The number of carbonyl (C=O) groups is 1. The molecule has 0 bridgehead atoms. The van der Waals surface area contributed by atoms with Crippen molar-refractivity contribution in [3.63, 3.8) is 0 Å². The van der Waals surface area contributed by atoms with Gasteiger partial charge in [-0.3, -0.25) is 4.79 Å². The SMILES string of the molecule is [C-]#[N+]c1ccc(-c2cc(C(=O)N3CCC[C@@H](N)C3)n(CC)c2-c2ccc(COC)cc2)cc1F. The molecule has 1 atom stereocenters. The molecule has 1 aliphatic rings. The fourth-order valence-corrected chi connectivity index (χ4v) is 4.63. The molecule has 0 unspecified atom stereocenters. The minimum absolute atomic E-state index is 0.0229. The van der Waals surface area contributed by atoms with Crippen LogP contribution >= 0.6 is 0 Å². The van der Waals surface area contributed by atoms with Crippen LogP contribution in [0.5, 0.6) is 0 Å². The van der Waals surface area contributed by atoms with Gasteiger partial charge in [0.1, 0.15) is 11.5 Å². The Morgan fingerprint density at radius 3 is 2.56 bits per heavy atom. The third-order valence-electron chi connectivity index (χ3n) is 6.29. The van der Waals surface area contributed by atoms with Crippen LogP contribution in [0.3, 0.4) is 0 Å². The number of methoxy groups -OCH3 is 1. The van der Waals surface area contributed by atoms with Gasteiger partial charge in [0.05, 0.1) is 18.9 Å². The van der Waals surface area contributed by atoms with E-state index in [1.165, 1.54) is 12.1 Å². The first-order valence-corrected chi connectivity index (χ1v) is 11.5. The fourth-order valence-electron chi connectivity index (χ4n) is 4.63. The van der Waals surface area contributed by atoms with Crippen molar-refractivity contribution in [3.8, 4) is 22.4 Å². The number of nitrogens with zero attached hydrogens (tertiary/aromatic N) is 3. The number of halogens is 1. The molecule has 2 N–H and O–H groups in total. The maximum absolute atomic E-state index is 14.6. The number of amides is 1. The van der Waals surface area contributed by atoms with Crippen LogP contribution in [-0.2, 0) is 17.9 Å². The Balaban J connectivity index is 1.87. The van der Waals surface area contributed by atoms with Crippen molar-refractivity contribution in [1.29, 1.82) is 0 Å². The molecule has 176 valence electrons. The maximum atomic E-state index is 14.6. The molecule has 0 saturated carbocycles. The lowest BCUT2D eigenvalue weighted by atomic mass is 10.00. The highest BCUT2D eigenvalue weighted by molar-refractivity contribution is 5.98. The molecule has 1 saturated heterocycles. The lowest BCUT2D eigenvalue weighted by molar-refractivity contribution is 0.0698. The van der Waals surface area contributed by atoms with Crippen LogP contribution in [-0.4, -0.2) is 41.6 Å². The van der Waals surface area contributed by atoms with E-state index >= 15 is 0 Å². The zero-order chi connectivity index (χ0) is 24.2. The molecule has 1 aliphatic heterocycles. The molecule has 3 aromatic rings. The predicted octanol–water partition coefficient (Wildman–Crippen LogP) is 5.24. The van der Waals surface area contributed by atoms with E-state index in [4.69, 9.17) is 17.0 Å². The summed E-state index contributed by atoms with van der Waals surface area (Å²) in [5.74, 6) is -0.647. The molecule has 1 fully saturated rings. The van der Waals surface area contributed by atoms with Gasteiger partial charge in [-0.2, -0.15) is 0 Å². The quantitative estimate of drug-likeness (QED) is 0.512. The molecular formula is C27H29FN4O2. The molecule has 1 amide bonds. The summed E-state index contributed by atoms with van der Waals surface area (Å²) in [6.45, 7) is 11.4. The number of nitrogens with two attached hydrogens (primary N) is 1. The topological polar surface area (TPSA) is 64.8 Å². The third-order valence-corrected chi connectivity index (χ3v) is 6.29. The van der Waals surface area contributed by atoms with Crippen molar-refractivity contribution in [1.82, 2.24) is 9.47 Å². The van der Waals surface area contributed by atoms with Gasteiger partial charge in [0, 0.05) is 38.3 Å². The Morgan fingerprint density at radius 2 is 1.94 bits per heavy atom. The zero-order valence-electron chi connectivity index (χ0n) is 19.6. The molecule has 4 rings (SSSR count). The van der Waals surface area contributed by atoms with E-state index in [1.54, 1.807) is 13.2 Å². The highest BCUT2D eigenvalue weighted by atomic mass is 19.1. The summed E-state index contributed by atoms with van der Waals surface area (Å²) in [6.07, 6.45) is 1.79. The normalized spacial score (nSPS) is 15.9. The van der Waals surface area contributed by atoms with Crippen LogP contribution in [0.1, 0.15) is 35.8 Å². The summed E-state index contributed by atoms with van der Waals surface area (Å²) in [4.78, 5) is 18.6. The van der Waals surface area contributed by atoms with E-state index in [-0.39, 0.29) is 17.6 Å². The van der Waals surface area contributed by atoms with Gasteiger partial charge < -0.3 is 19.9 Å². The molecule has 2 heterocycles. The van der Waals surface area contributed by atoms with E-state index in [2.05, 4.69) is 4.85 Å². The molecule has 1 aromatic heterocycles. The second kappa shape index (κ2) is 10.2. The molecule has 6 nitrogen and oxygen atoms in total. The van der Waals surface area contributed by atoms with Crippen molar-refractivity contribution in [2.75, 3.05) is 20.2 Å². The number of carbonyl (C=O) groups excluding carboxylic acids is 1. The number of aromatic nitrogens is 1. The largest absolute Gasteiger partial charge is 0.380 e. The second-order valence-electron chi connectivity index (χ2n) is 8.60. The minimum Gasteiger partial charge on any atom is -0.380 e. The summed E-state index contributed by atoms with van der Waals surface area (Å²) in [7, 11) is 1.65. The molecule has 2 aromatic carbocycles. The van der Waals surface area contributed by atoms with Gasteiger partial charge in [0.25, 0.3) is 5.91 Å². The maximum Gasteiger partial charge on any atom is 0.270 e. The Bertz CT molecular complexity index is 1230.